The molecule has 1 rings (SSSR count). The topological polar surface area (TPSA) is 46.2 Å². The minimum absolute atomic E-state index is 0.142. The quantitative estimate of drug-likeness (QED) is 0.913. The zero-order valence-corrected chi connectivity index (χ0v) is 10.2. The van der Waals surface area contributed by atoms with Crippen molar-refractivity contribution in [3.05, 3.63) is 27.4 Å². The van der Waals surface area contributed by atoms with Crippen LogP contribution < -0.4 is 4.72 Å². The van der Waals surface area contributed by atoms with Gasteiger partial charge in [0.1, 0.15) is 5.82 Å². The van der Waals surface area contributed by atoms with Gasteiger partial charge in [0.2, 0.25) is 10.0 Å². The molecule has 0 aliphatic heterocycles. The maximum absolute atomic E-state index is 13.2. The molecule has 0 fully saturated rings. The summed E-state index contributed by atoms with van der Waals surface area (Å²) < 4.78 is 37.2. The molecular weight excluding hydrogens is 297 g/mol. The first kappa shape index (κ1) is 11.7. The van der Waals surface area contributed by atoms with Crippen LogP contribution in [-0.2, 0) is 10.0 Å². The minimum Gasteiger partial charge on any atom is -0.280 e. The lowest BCUT2D eigenvalue weighted by Gasteiger charge is -2.07. The zero-order chi connectivity index (χ0) is 10.9. The molecule has 0 unspecified atom stereocenters. The van der Waals surface area contributed by atoms with E-state index in [1.54, 1.807) is 0 Å². The van der Waals surface area contributed by atoms with E-state index in [9.17, 15) is 12.8 Å². The number of hydrogen-bond donors (Lipinski definition) is 1. The van der Waals surface area contributed by atoms with E-state index in [0.717, 1.165) is 12.3 Å². The van der Waals surface area contributed by atoms with Crippen LogP contribution in [0.25, 0.3) is 0 Å². The highest BCUT2D eigenvalue weighted by Gasteiger charge is 2.12. The summed E-state index contributed by atoms with van der Waals surface area (Å²) in [6.07, 6.45) is 0.938. The van der Waals surface area contributed by atoms with E-state index in [-0.39, 0.29) is 15.2 Å². The Labute approximate surface area is 94.4 Å². The Kier molecular flexibility index (Phi) is 3.39. The molecule has 1 aromatic carbocycles. The lowest BCUT2D eigenvalue weighted by Crippen LogP contribution is -2.11. The van der Waals surface area contributed by atoms with Gasteiger partial charge in [-0.3, -0.25) is 4.72 Å². The fourth-order valence-corrected chi connectivity index (χ4v) is 2.41. The predicted molar refractivity (Wildman–Crippen MR) is 57.6 cm³/mol. The Morgan fingerprint density at radius 3 is 2.50 bits per heavy atom. The SMILES string of the molecule is CS(=O)(=O)Nc1c(F)cc(Cl)cc1Br. The number of anilines is 1. The molecule has 0 aliphatic rings. The van der Waals surface area contributed by atoms with Gasteiger partial charge in [0.05, 0.1) is 11.9 Å². The van der Waals surface area contributed by atoms with Gasteiger partial charge in [-0.15, -0.1) is 0 Å². The first-order valence-electron chi connectivity index (χ1n) is 3.42. The summed E-state index contributed by atoms with van der Waals surface area (Å²) in [4.78, 5) is 0. The van der Waals surface area contributed by atoms with Crippen LogP contribution in [0.1, 0.15) is 0 Å². The average Bonchev–Trinajstić information content (AvgIpc) is 1.95. The van der Waals surface area contributed by atoms with Gasteiger partial charge in [-0.25, -0.2) is 12.8 Å². The molecule has 1 aromatic rings. The van der Waals surface area contributed by atoms with Crippen molar-refractivity contribution in [2.24, 2.45) is 0 Å². The van der Waals surface area contributed by atoms with Gasteiger partial charge < -0.3 is 0 Å². The van der Waals surface area contributed by atoms with Crippen molar-refractivity contribution in [2.45, 2.75) is 0 Å². The highest BCUT2D eigenvalue weighted by molar-refractivity contribution is 9.10. The average molecular weight is 303 g/mol. The number of benzene rings is 1. The molecule has 78 valence electrons. The molecule has 0 aromatic heterocycles. The van der Waals surface area contributed by atoms with Crippen molar-refractivity contribution in [2.75, 3.05) is 11.0 Å². The highest BCUT2D eigenvalue weighted by Crippen LogP contribution is 2.29. The third kappa shape index (κ3) is 3.11. The molecule has 3 nitrogen and oxygen atoms in total. The zero-order valence-electron chi connectivity index (χ0n) is 7.01. The third-order valence-corrected chi connectivity index (χ3v) is 2.71. The van der Waals surface area contributed by atoms with Crippen LogP contribution in [0.2, 0.25) is 5.02 Å². The molecule has 0 saturated heterocycles. The van der Waals surface area contributed by atoms with Gasteiger partial charge in [-0.1, -0.05) is 11.6 Å². The lowest BCUT2D eigenvalue weighted by molar-refractivity contribution is 0.603. The normalized spacial score (nSPS) is 11.4. The Morgan fingerprint density at radius 2 is 2.07 bits per heavy atom. The third-order valence-electron chi connectivity index (χ3n) is 1.29. The van der Waals surface area contributed by atoms with Crippen LogP contribution in [0.3, 0.4) is 0 Å². The molecule has 0 spiro atoms. The smallest absolute Gasteiger partial charge is 0.229 e. The maximum atomic E-state index is 13.2. The summed E-state index contributed by atoms with van der Waals surface area (Å²) in [6, 6.07) is 2.43. The van der Waals surface area contributed by atoms with Crippen molar-refractivity contribution in [1.29, 1.82) is 0 Å². The van der Waals surface area contributed by atoms with Crippen LogP contribution in [0.5, 0.6) is 0 Å². The standard InChI is InChI=1S/C7H6BrClFNO2S/c1-14(12,13)11-7-5(8)2-4(9)3-6(7)10/h2-3,11H,1H3. The number of sulfonamides is 1. The molecule has 14 heavy (non-hydrogen) atoms. The Balaban J connectivity index is 3.22. The van der Waals surface area contributed by atoms with E-state index in [1.807, 2.05) is 4.72 Å². The molecule has 0 radical (unpaired) electrons. The van der Waals surface area contributed by atoms with E-state index >= 15 is 0 Å². The van der Waals surface area contributed by atoms with Crippen molar-refractivity contribution in [3.63, 3.8) is 0 Å². The summed E-state index contributed by atoms with van der Waals surface area (Å²) in [7, 11) is -3.50. The Hall–Kier alpha value is -0.330. The van der Waals surface area contributed by atoms with E-state index in [2.05, 4.69) is 15.9 Å². The molecular formula is C7H6BrClFNO2S. The molecule has 0 saturated carbocycles. The van der Waals surface area contributed by atoms with Crippen LogP contribution in [0.15, 0.2) is 16.6 Å². The largest absolute Gasteiger partial charge is 0.280 e. The van der Waals surface area contributed by atoms with E-state index < -0.39 is 15.8 Å². The van der Waals surface area contributed by atoms with E-state index in [4.69, 9.17) is 11.6 Å². The molecule has 7 heteroatoms. The molecule has 1 N–H and O–H groups in total. The first-order valence-corrected chi connectivity index (χ1v) is 6.48. The van der Waals surface area contributed by atoms with E-state index in [1.165, 1.54) is 6.07 Å². The fourth-order valence-electron chi connectivity index (χ4n) is 0.825. The number of nitrogens with one attached hydrogen (secondary N) is 1. The Bertz CT molecular complexity index is 440. The van der Waals surface area contributed by atoms with Crippen LogP contribution in [-0.4, -0.2) is 14.7 Å². The lowest BCUT2D eigenvalue weighted by atomic mass is 10.3. The van der Waals surface area contributed by atoms with Crippen LogP contribution >= 0.6 is 27.5 Å². The van der Waals surface area contributed by atoms with E-state index in [0.29, 0.717) is 0 Å². The van der Waals surface area contributed by atoms with Crippen LogP contribution in [0, 0.1) is 5.82 Å². The Morgan fingerprint density at radius 1 is 1.50 bits per heavy atom. The second kappa shape index (κ2) is 4.04. The second-order valence-electron chi connectivity index (χ2n) is 2.62. The van der Waals surface area contributed by atoms with Crippen molar-refractivity contribution in [1.82, 2.24) is 0 Å². The number of halogens is 3. The summed E-state index contributed by atoms with van der Waals surface area (Å²) in [6.45, 7) is 0. The van der Waals surface area contributed by atoms with Gasteiger partial charge in [0, 0.05) is 9.50 Å². The maximum Gasteiger partial charge on any atom is 0.229 e. The summed E-state index contributed by atoms with van der Waals surface area (Å²) in [5, 5.41) is 0.188. The van der Waals surface area contributed by atoms with Crippen molar-refractivity contribution in [3.8, 4) is 0 Å². The summed E-state index contributed by atoms with van der Waals surface area (Å²) in [5.74, 6) is -0.727. The molecule has 0 aliphatic carbocycles. The number of hydrogen-bond acceptors (Lipinski definition) is 2. The first-order chi connectivity index (χ1) is 6.29. The van der Waals surface area contributed by atoms with Gasteiger partial charge in [-0.05, 0) is 28.1 Å². The predicted octanol–water partition coefficient (Wildman–Crippen LogP) is 2.61. The molecule has 0 heterocycles. The van der Waals surface area contributed by atoms with Crippen molar-refractivity contribution >= 4 is 43.2 Å². The van der Waals surface area contributed by atoms with Gasteiger partial charge in [-0.2, -0.15) is 0 Å². The molecule has 0 bridgehead atoms. The fraction of sp³-hybridized carbons (Fsp3) is 0.143. The van der Waals surface area contributed by atoms with Gasteiger partial charge in [0.15, 0.2) is 0 Å². The van der Waals surface area contributed by atoms with Crippen molar-refractivity contribution < 1.29 is 12.8 Å². The van der Waals surface area contributed by atoms with Crippen LogP contribution in [0.4, 0.5) is 10.1 Å². The van der Waals surface area contributed by atoms with Gasteiger partial charge >= 0.3 is 0 Å². The number of rotatable bonds is 2. The summed E-state index contributed by atoms with van der Waals surface area (Å²) >= 11 is 8.55. The monoisotopic (exact) mass is 301 g/mol. The molecule has 0 amide bonds. The highest BCUT2D eigenvalue weighted by atomic mass is 79.9. The van der Waals surface area contributed by atoms with Gasteiger partial charge in [0.25, 0.3) is 0 Å². The minimum atomic E-state index is -3.50. The molecule has 0 atom stereocenters. The second-order valence-corrected chi connectivity index (χ2v) is 5.66. The summed E-state index contributed by atoms with van der Waals surface area (Å²) in [5.41, 5.74) is -0.142.